The molecule has 0 aromatic heterocycles. The number of fused-ring (bicyclic) bond motifs is 1. The summed E-state index contributed by atoms with van der Waals surface area (Å²) in [5.41, 5.74) is 0. The van der Waals surface area contributed by atoms with Gasteiger partial charge in [-0.15, -0.1) is 0 Å². The zero-order valence-electron chi connectivity index (χ0n) is 7.81. The molecule has 1 aromatic rings. The lowest BCUT2D eigenvalue weighted by Crippen LogP contribution is -2.30. The van der Waals surface area contributed by atoms with Crippen LogP contribution in [-0.4, -0.2) is 25.4 Å². The smallest absolute Gasteiger partial charge is 0.161 e. The van der Waals surface area contributed by atoms with Crippen molar-refractivity contribution in [2.24, 2.45) is 0 Å². The molecule has 14 heavy (non-hydrogen) atoms. The Balaban J connectivity index is 1.72. The van der Waals surface area contributed by atoms with Gasteiger partial charge in [0.05, 0.1) is 12.7 Å². The van der Waals surface area contributed by atoms with Crippen molar-refractivity contribution in [3.8, 4) is 11.5 Å². The van der Waals surface area contributed by atoms with Gasteiger partial charge in [-0.2, -0.15) is 0 Å². The molecule has 74 valence electrons. The summed E-state index contributed by atoms with van der Waals surface area (Å²) in [6, 6.07) is 7.78. The number of hydrogen-bond acceptors (Lipinski definition) is 3. The van der Waals surface area contributed by atoms with Gasteiger partial charge >= 0.3 is 0 Å². The minimum absolute atomic E-state index is 0.150. The second-order valence-corrected chi connectivity index (χ2v) is 3.69. The van der Waals surface area contributed by atoms with Crippen LogP contribution in [0, 0.1) is 0 Å². The summed E-state index contributed by atoms with van der Waals surface area (Å²) >= 11 is 0. The molecule has 1 fully saturated rings. The van der Waals surface area contributed by atoms with E-state index in [0.717, 1.165) is 24.5 Å². The van der Waals surface area contributed by atoms with Gasteiger partial charge in [0, 0.05) is 6.42 Å². The van der Waals surface area contributed by atoms with Gasteiger partial charge in [-0.3, -0.25) is 0 Å². The molecule has 2 aliphatic rings. The molecule has 0 N–H and O–H groups in total. The van der Waals surface area contributed by atoms with Crippen LogP contribution in [0.3, 0.4) is 0 Å². The number of benzene rings is 1. The lowest BCUT2D eigenvalue weighted by molar-refractivity contribution is 0.0788. The average Bonchev–Trinajstić information content (AvgIpc) is 3.02. The first-order valence-corrected chi connectivity index (χ1v) is 4.92. The number of epoxide rings is 1. The van der Waals surface area contributed by atoms with Crippen LogP contribution >= 0.6 is 0 Å². The van der Waals surface area contributed by atoms with E-state index in [0.29, 0.717) is 12.7 Å². The highest BCUT2D eigenvalue weighted by molar-refractivity contribution is 5.40. The van der Waals surface area contributed by atoms with E-state index < -0.39 is 0 Å². The van der Waals surface area contributed by atoms with Crippen molar-refractivity contribution >= 4 is 0 Å². The lowest BCUT2D eigenvalue weighted by atomic mass is 10.2. The van der Waals surface area contributed by atoms with Gasteiger partial charge in [-0.05, 0) is 12.1 Å². The molecule has 0 bridgehead atoms. The maximum atomic E-state index is 5.78. The van der Waals surface area contributed by atoms with E-state index in [-0.39, 0.29) is 6.10 Å². The second kappa shape index (κ2) is 3.17. The van der Waals surface area contributed by atoms with E-state index >= 15 is 0 Å². The molecular weight excluding hydrogens is 180 g/mol. The highest BCUT2D eigenvalue weighted by Gasteiger charge is 2.30. The molecule has 2 heterocycles. The van der Waals surface area contributed by atoms with Crippen LogP contribution in [0.15, 0.2) is 24.3 Å². The maximum Gasteiger partial charge on any atom is 0.161 e. The number of ether oxygens (including phenoxy) is 3. The fourth-order valence-electron chi connectivity index (χ4n) is 1.68. The van der Waals surface area contributed by atoms with Gasteiger partial charge in [-0.1, -0.05) is 12.1 Å². The normalized spacial score (nSPS) is 28.6. The Morgan fingerprint density at radius 2 is 1.86 bits per heavy atom. The Morgan fingerprint density at radius 3 is 2.64 bits per heavy atom. The molecule has 1 saturated heterocycles. The topological polar surface area (TPSA) is 31.0 Å². The lowest BCUT2D eigenvalue weighted by Gasteiger charge is -2.25. The second-order valence-electron chi connectivity index (χ2n) is 3.69. The summed E-state index contributed by atoms with van der Waals surface area (Å²) in [4.78, 5) is 0. The van der Waals surface area contributed by atoms with Crippen molar-refractivity contribution in [1.29, 1.82) is 0 Å². The van der Waals surface area contributed by atoms with Crippen molar-refractivity contribution in [3.63, 3.8) is 0 Å². The van der Waals surface area contributed by atoms with Crippen LogP contribution in [0.1, 0.15) is 6.42 Å². The zero-order chi connectivity index (χ0) is 9.38. The van der Waals surface area contributed by atoms with Crippen molar-refractivity contribution in [1.82, 2.24) is 0 Å². The molecule has 2 atom stereocenters. The van der Waals surface area contributed by atoms with Crippen LogP contribution < -0.4 is 9.47 Å². The largest absolute Gasteiger partial charge is 0.486 e. The molecule has 1 aromatic carbocycles. The molecule has 0 radical (unpaired) electrons. The third-order valence-corrected chi connectivity index (χ3v) is 2.50. The van der Waals surface area contributed by atoms with Crippen LogP contribution in [0.5, 0.6) is 11.5 Å². The van der Waals surface area contributed by atoms with Crippen molar-refractivity contribution in [3.05, 3.63) is 24.3 Å². The molecule has 2 aliphatic heterocycles. The van der Waals surface area contributed by atoms with Gasteiger partial charge in [0.15, 0.2) is 11.5 Å². The van der Waals surface area contributed by atoms with Gasteiger partial charge in [0.1, 0.15) is 12.7 Å². The monoisotopic (exact) mass is 192 g/mol. The molecular formula is C11H12O3. The highest BCUT2D eigenvalue weighted by atomic mass is 16.6. The quantitative estimate of drug-likeness (QED) is 0.667. The molecule has 3 heteroatoms. The molecule has 0 amide bonds. The standard InChI is InChI=1S/C11H12O3/c1-2-4-11-10(3-1)13-7-9(14-11)5-8-6-12-8/h1-4,8-9H,5-7H2. The van der Waals surface area contributed by atoms with Gasteiger partial charge in [-0.25, -0.2) is 0 Å². The fraction of sp³-hybridized carbons (Fsp3) is 0.455. The maximum absolute atomic E-state index is 5.78. The Labute approximate surface area is 82.6 Å². The molecule has 0 spiro atoms. The summed E-state index contributed by atoms with van der Waals surface area (Å²) in [6.07, 6.45) is 1.49. The predicted molar refractivity (Wildman–Crippen MR) is 50.7 cm³/mol. The van der Waals surface area contributed by atoms with E-state index in [1.807, 2.05) is 24.3 Å². The first-order chi connectivity index (χ1) is 6.92. The first kappa shape index (κ1) is 8.12. The van der Waals surface area contributed by atoms with Crippen LogP contribution in [0.25, 0.3) is 0 Å². The van der Waals surface area contributed by atoms with Crippen molar-refractivity contribution in [2.75, 3.05) is 13.2 Å². The fourth-order valence-corrected chi connectivity index (χ4v) is 1.68. The van der Waals surface area contributed by atoms with Gasteiger partial charge < -0.3 is 14.2 Å². The van der Waals surface area contributed by atoms with Gasteiger partial charge in [0.25, 0.3) is 0 Å². The molecule has 2 unspecified atom stereocenters. The third kappa shape index (κ3) is 1.55. The highest BCUT2D eigenvalue weighted by Crippen LogP contribution is 2.32. The Kier molecular flexibility index (Phi) is 1.84. The number of rotatable bonds is 2. The van der Waals surface area contributed by atoms with E-state index in [4.69, 9.17) is 14.2 Å². The molecule has 0 aliphatic carbocycles. The molecule has 0 saturated carbocycles. The minimum Gasteiger partial charge on any atom is -0.486 e. The Hall–Kier alpha value is -1.22. The summed E-state index contributed by atoms with van der Waals surface area (Å²) < 4.78 is 16.5. The van der Waals surface area contributed by atoms with Crippen LogP contribution in [0.4, 0.5) is 0 Å². The van der Waals surface area contributed by atoms with Crippen molar-refractivity contribution < 1.29 is 14.2 Å². The number of para-hydroxylation sites is 2. The Morgan fingerprint density at radius 1 is 1.07 bits per heavy atom. The SMILES string of the molecule is c1ccc2c(c1)OCC(CC1CO1)O2. The van der Waals surface area contributed by atoms with Crippen LogP contribution in [-0.2, 0) is 4.74 Å². The molecule has 3 rings (SSSR count). The third-order valence-electron chi connectivity index (χ3n) is 2.50. The zero-order valence-corrected chi connectivity index (χ0v) is 7.81. The summed E-state index contributed by atoms with van der Waals surface area (Å²) in [5.74, 6) is 1.70. The van der Waals surface area contributed by atoms with E-state index in [1.165, 1.54) is 0 Å². The van der Waals surface area contributed by atoms with E-state index in [9.17, 15) is 0 Å². The van der Waals surface area contributed by atoms with Crippen molar-refractivity contribution in [2.45, 2.75) is 18.6 Å². The predicted octanol–water partition coefficient (Wildman–Crippen LogP) is 1.62. The Bertz CT molecular complexity index is 333. The molecule has 3 nitrogen and oxygen atoms in total. The van der Waals surface area contributed by atoms with E-state index in [2.05, 4.69) is 0 Å². The number of hydrogen-bond donors (Lipinski definition) is 0. The van der Waals surface area contributed by atoms with Crippen LogP contribution in [0.2, 0.25) is 0 Å². The minimum atomic E-state index is 0.150. The van der Waals surface area contributed by atoms with Gasteiger partial charge in [0.2, 0.25) is 0 Å². The summed E-state index contributed by atoms with van der Waals surface area (Å²) in [5, 5.41) is 0. The van der Waals surface area contributed by atoms with E-state index in [1.54, 1.807) is 0 Å². The summed E-state index contributed by atoms with van der Waals surface area (Å²) in [6.45, 7) is 1.51. The average molecular weight is 192 g/mol. The summed E-state index contributed by atoms with van der Waals surface area (Å²) in [7, 11) is 0. The first-order valence-electron chi connectivity index (χ1n) is 4.92.